The zero-order valence-corrected chi connectivity index (χ0v) is 25.2. The summed E-state index contributed by atoms with van der Waals surface area (Å²) in [5.74, 6) is -0.0569. The van der Waals surface area contributed by atoms with Crippen LogP contribution in [0.4, 0.5) is 5.69 Å². The first kappa shape index (κ1) is 31.7. The van der Waals surface area contributed by atoms with Gasteiger partial charge in [-0.05, 0) is 72.6 Å². The molecule has 240 valence electrons. The van der Waals surface area contributed by atoms with E-state index in [9.17, 15) is 35.4 Å². The molecule has 0 aromatic heterocycles. The second kappa shape index (κ2) is 13.6. The first-order valence-corrected chi connectivity index (χ1v) is 16.1. The molecule has 2 heterocycles. The number of hydrogen-bond acceptors (Lipinski definition) is 8. The number of amides is 1. The molecule has 0 unspecified atom stereocenters. The smallest absolute Gasteiger partial charge is 0.233 e. The van der Waals surface area contributed by atoms with Crippen LogP contribution < -0.4 is 4.90 Å². The van der Waals surface area contributed by atoms with Crippen LogP contribution in [-0.4, -0.2) is 73.7 Å². The van der Waals surface area contributed by atoms with E-state index >= 15 is 0 Å². The molecular weight excluding hydrogens is 574 g/mol. The number of nitrogens with zero attached hydrogens (tertiary/aromatic N) is 1. The third-order valence-electron chi connectivity index (χ3n) is 10.0. The Labute approximate surface area is 263 Å². The summed E-state index contributed by atoms with van der Waals surface area (Å²) in [5, 5.41) is 63.0. The summed E-state index contributed by atoms with van der Waals surface area (Å²) in [6.45, 7) is -0.513. The Balaban J connectivity index is 1.25. The van der Waals surface area contributed by atoms with E-state index < -0.39 is 43.2 Å². The molecule has 1 saturated carbocycles. The lowest BCUT2D eigenvalue weighted by molar-refractivity contribution is -0.231. The Morgan fingerprint density at radius 2 is 1.58 bits per heavy atom. The first-order valence-electron chi connectivity index (χ1n) is 16.1. The van der Waals surface area contributed by atoms with Crippen LogP contribution in [-0.2, 0) is 9.53 Å². The second-order valence-corrected chi connectivity index (χ2v) is 12.8. The zero-order valence-electron chi connectivity index (χ0n) is 25.2. The number of benzene rings is 3. The fourth-order valence-corrected chi connectivity index (χ4v) is 7.41. The van der Waals surface area contributed by atoms with Crippen LogP contribution in [0.5, 0.6) is 5.75 Å². The lowest BCUT2D eigenvalue weighted by Crippen LogP contribution is -2.55. The number of phenols is 1. The van der Waals surface area contributed by atoms with E-state index in [4.69, 9.17) is 4.74 Å². The Morgan fingerprint density at radius 1 is 0.844 bits per heavy atom. The summed E-state index contributed by atoms with van der Waals surface area (Å²) < 4.78 is 5.74. The Kier molecular flexibility index (Phi) is 9.56. The average molecular weight is 618 g/mol. The minimum absolute atomic E-state index is 0.0160. The molecule has 1 aliphatic carbocycles. The van der Waals surface area contributed by atoms with Gasteiger partial charge in [-0.15, -0.1) is 0 Å². The number of anilines is 1. The van der Waals surface area contributed by atoms with Gasteiger partial charge in [0.1, 0.15) is 36.3 Å². The van der Waals surface area contributed by atoms with Crippen molar-refractivity contribution in [1.29, 1.82) is 0 Å². The summed E-state index contributed by atoms with van der Waals surface area (Å²) >= 11 is 0. The monoisotopic (exact) mass is 617 g/mol. The van der Waals surface area contributed by atoms with Crippen molar-refractivity contribution in [3.8, 4) is 16.9 Å². The Morgan fingerprint density at radius 3 is 2.29 bits per heavy atom. The molecule has 3 aliphatic rings. The number of β-lactam (4-membered cyclic amide) rings is 1. The molecule has 3 aromatic carbocycles. The fraction of sp³-hybridized carbons (Fsp3) is 0.472. The van der Waals surface area contributed by atoms with E-state index in [1.54, 1.807) is 29.2 Å². The topological polar surface area (TPSA) is 151 Å². The number of phenolic OH excluding ortho intramolecular Hbond substituents is 1. The number of ether oxygens (including phenoxy) is 1. The number of para-hydroxylation sites is 1. The highest BCUT2D eigenvalue weighted by molar-refractivity contribution is 6.03. The summed E-state index contributed by atoms with van der Waals surface area (Å²) in [7, 11) is 0. The predicted octanol–water partition coefficient (Wildman–Crippen LogP) is 4.00. The first-order chi connectivity index (χ1) is 21.8. The molecule has 3 aromatic rings. The SMILES string of the molecule is O=C1[C@H](CC[C@H](O)C2CCCCC2)[C@@H](c2ccc(-c3cccc([C@@H]4O[C@H](CO)[C@@H](O)[C@H](O)[C@H]4O)c3)cc2O)N1c1ccccc1. The van der Waals surface area contributed by atoms with Crippen molar-refractivity contribution in [3.63, 3.8) is 0 Å². The minimum Gasteiger partial charge on any atom is -0.508 e. The maximum Gasteiger partial charge on any atom is 0.233 e. The van der Waals surface area contributed by atoms with Gasteiger partial charge in [0, 0.05) is 11.3 Å². The van der Waals surface area contributed by atoms with Crippen molar-refractivity contribution < 1.29 is 40.2 Å². The highest BCUT2D eigenvalue weighted by atomic mass is 16.5. The van der Waals surface area contributed by atoms with Crippen molar-refractivity contribution in [3.05, 3.63) is 83.9 Å². The molecule has 2 aliphatic heterocycles. The van der Waals surface area contributed by atoms with Gasteiger partial charge in [-0.25, -0.2) is 0 Å². The molecule has 8 atom stereocenters. The van der Waals surface area contributed by atoms with Gasteiger partial charge in [0.05, 0.1) is 24.7 Å². The van der Waals surface area contributed by atoms with Crippen LogP contribution in [0, 0.1) is 11.8 Å². The van der Waals surface area contributed by atoms with E-state index in [-0.39, 0.29) is 29.5 Å². The number of rotatable bonds is 9. The third kappa shape index (κ3) is 6.25. The van der Waals surface area contributed by atoms with E-state index in [0.717, 1.165) is 36.9 Å². The molecule has 3 fully saturated rings. The van der Waals surface area contributed by atoms with Crippen LogP contribution in [0.1, 0.15) is 68.2 Å². The maximum atomic E-state index is 13.5. The summed E-state index contributed by atoms with van der Waals surface area (Å²) in [4.78, 5) is 15.2. The van der Waals surface area contributed by atoms with Crippen LogP contribution in [0.3, 0.4) is 0 Å². The molecule has 0 spiro atoms. The van der Waals surface area contributed by atoms with Crippen molar-refractivity contribution >= 4 is 11.6 Å². The molecule has 9 nitrogen and oxygen atoms in total. The van der Waals surface area contributed by atoms with Gasteiger partial charge < -0.3 is 40.3 Å². The summed E-state index contributed by atoms with van der Waals surface area (Å²) in [6, 6.07) is 21.5. The van der Waals surface area contributed by atoms with Crippen LogP contribution in [0.2, 0.25) is 0 Å². The van der Waals surface area contributed by atoms with Crippen LogP contribution in [0.25, 0.3) is 11.1 Å². The standard InChI is InChI=1S/C36H43NO8/c38-20-30-32(41)33(42)34(43)35(45-30)24-11-7-10-22(18-24)23-14-15-26(29(40)19-23)31-27(16-17-28(39)21-8-3-1-4-9-21)36(44)37(31)25-12-5-2-6-13-25/h2,5-7,10-15,18-19,21,27-28,30-35,38-43H,1,3-4,8-9,16-17,20H2/t27-,28+,30-,31-,32-,33+,34-,35+/m1/s1. The van der Waals surface area contributed by atoms with Crippen LogP contribution in [0.15, 0.2) is 72.8 Å². The third-order valence-corrected chi connectivity index (χ3v) is 10.0. The van der Waals surface area contributed by atoms with Gasteiger partial charge in [0.25, 0.3) is 0 Å². The Hall–Kier alpha value is -3.31. The van der Waals surface area contributed by atoms with Gasteiger partial charge in [0.15, 0.2) is 0 Å². The maximum absolute atomic E-state index is 13.5. The van der Waals surface area contributed by atoms with Crippen molar-refractivity contribution in [2.24, 2.45) is 11.8 Å². The molecule has 9 heteroatoms. The summed E-state index contributed by atoms with van der Waals surface area (Å²) in [5.41, 5.74) is 3.35. The Bertz CT molecular complexity index is 1460. The minimum atomic E-state index is -1.48. The number of aromatic hydroxyl groups is 1. The molecule has 6 rings (SSSR count). The molecule has 0 radical (unpaired) electrons. The fourth-order valence-electron chi connectivity index (χ4n) is 7.41. The predicted molar refractivity (Wildman–Crippen MR) is 168 cm³/mol. The lowest BCUT2D eigenvalue weighted by Gasteiger charge is -2.48. The van der Waals surface area contributed by atoms with Gasteiger partial charge in [0.2, 0.25) is 5.91 Å². The molecular formula is C36H43NO8. The largest absolute Gasteiger partial charge is 0.508 e. The van der Waals surface area contributed by atoms with E-state index in [1.807, 2.05) is 48.5 Å². The summed E-state index contributed by atoms with van der Waals surface area (Å²) in [6.07, 6.45) is -0.127. The van der Waals surface area contributed by atoms with Crippen molar-refractivity contribution in [1.82, 2.24) is 0 Å². The van der Waals surface area contributed by atoms with Gasteiger partial charge >= 0.3 is 0 Å². The van der Waals surface area contributed by atoms with Gasteiger partial charge in [-0.2, -0.15) is 0 Å². The number of aliphatic hydroxyl groups is 5. The van der Waals surface area contributed by atoms with Gasteiger partial charge in [-0.3, -0.25) is 4.79 Å². The molecule has 1 amide bonds. The highest BCUT2D eigenvalue weighted by Crippen LogP contribution is 2.49. The second-order valence-electron chi connectivity index (χ2n) is 12.8. The number of carbonyl (C=O) groups excluding carboxylic acids is 1. The highest BCUT2D eigenvalue weighted by Gasteiger charge is 2.49. The molecule has 2 saturated heterocycles. The zero-order chi connectivity index (χ0) is 31.7. The van der Waals surface area contributed by atoms with Crippen molar-refractivity contribution in [2.75, 3.05) is 11.5 Å². The van der Waals surface area contributed by atoms with Crippen LogP contribution >= 0.6 is 0 Å². The van der Waals surface area contributed by atoms with E-state index in [0.29, 0.717) is 29.5 Å². The average Bonchev–Trinajstić information content (AvgIpc) is 3.07. The molecule has 6 N–H and O–H groups in total. The number of hydrogen-bond donors (Lipinski definition) is 6. The number of aliphatic hydroxyl groups excluding tert-OH is 5. The van der Waals surface area contributed by atoms with E-state index in [1.165, 1.54) is 6.42 Å². The molecule has 45 heavy (non-hydrogen) atoms. The lowest BCUT2D eigenvalue weighted by atomic mass is 9.76. The quantitative estimate of drug-likeness (QED) is 0.197. The molecule has 0 bridgehead atoms. The van der Waals surface area contributed by atoms with E-state index in [2.05, 4.69) is 0 Å². The van der Waals surface area contributed by atoms with Crippen molar-refractivity contribution in [2.45, 2.75) is 87.6 Å². The normalized spacial score (nSPS) is 29.8. The number of carbonyl (C=O) groups is 1. The van der Waals surface area contributed by atoms with Gasteiger partial charge in [-0.1, -0.05) is 67.8 Å².